The van der Waals surface area contributed by atoms with Crippen LogP contribution in [-0.4, -0.2) is 9.97 Å². The van der Waals surface area contributed by atoms with Crippen molar-refractivity contribution in [2.75, 3.05) is 0 Å². The first kappa shape index (κ1) is 11.2. The molecule has 1 heterocycles. The van der Waals surface area contributed by atoms with Crippen LogP contribution in [0.4, 0.5) is 0 Å². The molecule has 1 aromatic carbocycles. The number of benzene rings is 1. The maximum atomic E-state index is 6.12. The van der Waals surface area contributed by atoms with E-state index in [1.54, 1.807) is 6.20 Å². The van der Waals surface area contributed by atoms with Gasteiger partial charge >= 0.3 is 0 Å². The van der Waals surface area contributed by atoms with Crippen LogP contribution >= 0.6 is 11.6 Å². The van der Waals surface area contributed by atoms with E-state index in [2.05, 4.69) is 22.2 Å². The third-order valence-electron chi connectivity index (χ3n) is 2.50. The van der Waals surface area contributed by atoms with Crippen molar-refractivity contribution in [3.63, 3.8) is 0 Å². The molecule has 1 aromatic heterocycles. The lowest BCUT2D eigenvalue weighted by Gasteiger charge is -2.14. The first-order valence-corrected chi connectivity index (χ1v) is 5.61. The fraction of sp³-hybridized carbons (Fsp3) is 0.250. The highest BCUT2D eigenvalue weighted by atomic mass is 35.5. The fourth-order valence-electron chi connectivity index (χ4n) is 1.58. The zero-order valence-corrected chi connectivity index (χ0v) is 9.83. The van der Waals surface area contributed by atoms with Gasteiger partial charge in [-0.2, -0.15) is 0 Å². The molecule has 3 nitrogen and oxygen atoms in total. The standard InChI is InChI=1S/C12H14ClN3/c1-9(10-4-2-3-5-11(10)13)16-8-12-14-6-7-15-12/h2-7,9,16H,8H2,1H3,(H,14,15)/t9-/m0/s1. The zero-order valence-electron chi connectivity index (χ0n) is 9.07. The molecule has 2 N–H and O–H groups in total. The Balaban J connectivity index is 1.98. The molecule has 4 heteroatoms. The van der Waals surface area contributed by atoms with Crippen LogP contribution in [0.3, 0.4) is 0 Å². The Kier molecular flexibility index (Phi) is 3.59. The van der Waals surface area contributed by atoms with Crippen molar-refractivity contribution in [2.24, 2.45) is 0 Å². The van der Waals surface area contributed by atoms with E-state index in [9.17, 15) is 0 Å². The summed E-state index contributed by atoms with van der Waals surface area (Å²) in [5, 5.41) is 4.16. The van der Waals surface area contributed by atoms with Crippen molar-refractivity contribution in [3.8, 4) is 0 Å². The van der Waals surface area contributed by atoms with E-state index in [4.69, 9.17) is 11.6 Å². The third-order valence-corrected chi connectivity index (χ3v) is 2.85. The Labute approximate surface area is 99.9 Å². The molecule has 2 aromatic rings. The molecule has 0 amide bonds. The maximum absolute atomic E-state index is 6.12. The molecule has 0 bridgehead atoms. The summed E-state index contributed by atoms with van der Waals surface area (Å²) in [4.78, 5) is 7.21. The second-order valence-electron chi connectivity index (χ2n) is 3.66. The van der Waals surface area contributed by atoms with Crippen LogP contribution in [0.2, 0.25) is 5.02 Å². The highest BCUT2D eigenvalue weighted by Crippen LogP contribution is 2.22. The zero-order chi connectivity index (χ0) is 11.4. The molecule has 16 heavy (non-hydrogen) atoms. The summed E-state index contributed by atoms with van der Waals surface area (Å²) in [5.74, 6) is 0.930. The van der Waals surface area contributed by atoms with Crippen LogP contribution in [-0.2, 0) is 6.54 Å². The lowest BCUT2D eigenvalue weighted by Crippen LogP contribution is -2.19. The molecule has 0 aliphatic heterocycles. The molecule has 2 rings (SSSR count). The Hall–Kier alpha value is -1.32. The van der Waals surface area contributed by atoms with Gasteiger partial charge in [-0.3, -0.25) is 0 Å². The number of hydrogen-bond acceptors (Lipinski definition) is 2. The summed E-state index contributed by atoms with van der Waals surface area (Å²) in [5.41, 5.74) is 1.11. The Bertz CT molecular complexity index is 439. The topological polar surface area (TPSA) is 40.7 Å². The van der Waals surface area contributed by atoms with E-state index in [0.29, 0.717) is 6.54 Å². The van der Waals surface area contributed by atoms with Crippen LogP contribution in [0, 0.1) is 0 Å². The van der Waals surface area contributed by atoms with Gasteiger partial charge in [0.2, 0.25) is 0 Å². The molecule has 0 saturated heterocycles. The number of halogens is 1. The summed E-state index contributed by atoms with van der Waals surface area (Å²) in [7, 11) is 0. The monoisotopic (exact) mass is 235 g/mol. The Morgan fingerprint density at radius 2 is 2.25 bits per heavy atom. The van der Waals surface area contributed by atoms with Gasteiger partial charge in [-0.05, 0) is 18.6 Å². The Morgan fingerprint density at radius 3 is 2.94 bits per heavy atom. The normalized spacial score (nSPS) is 12.6. The maximum Gasteiger partial charge on any atom is 0.120 e. The average Bonchev–Trinajstić information content (AvgIpc) is 2.79. The molecule has 0 saturated carbocycles. The number of rotatable bonds is 4. The molecule has 0 unspecified atom stereocenters. The minimum absolute atomic E-state index is 0.207. The predicted molar refractivity (Wildman–Crippen MR) is 65.3 cm³/mol. The number of nitrogens with one attached hydrogen (secondary N) is 2. The van der Waals surface area contributed by atoms with Gasteiger partial charge in [0, 0.05) is 23.5 Å². The minimum Gasteiger partial charge on any atom is -0.348 e. The van der Waals surface area contributed by atoms with Gasteiger partial charge in [-0.25, -0.2) is 4.98 Å². The molecule has 0 radical (unpaired) electrons. The van der Waals surface area contributed by atoms with Gasteiger partial charge in [0.15, 0.2) is 0 Å². The first-order chi connectivity index (χ1) is 7.77. The second kappa shape index (κ2) is 5.14. The van der Waals surface area contributed by atoms with E-state index in [1.807, 2.05) is 30.5 Å². The van der Waals surface area contributed by atoms with E-state index >= 15 is 0 Å². The summed E-state index contributed by atoms with van der Waals surface area (Å²) < 4.78 is 0. The summed E-state index contributed by atoms with van der Waals surface area (Å²) in [6.07, 6.45) is 3.56. The number of aromatic nitrogens is 2. The van der Waals surface area contributed by atoms with Crippen LogP contribution in [0.1, 0.15) is 24.4 Å². The molecule has 0 aliphatic carbocycles. The van der Waals surface area contributed by atoms with Gasteiger partial charge in [0.25, 0.3) is 0 Å². The number of H-pyrrole nitrogens is 1. The summed E-state index contributed by atoms with van der Waals surface area (Å²) >= 11 is 6.12. The molecule has 0 aliphatic rings. The fourth-order valence-corrected chi connectivity index (χ4v) is 1.88. The van der Waals surface area contributed by atoms with Crippen molar-refractivity contribution < 1.29 is 0 Å². The van der Waals surface area contributed by atoms with Gasteiger partial charge in [-0.15, -0.1) is 0 Å². The molecular weight excluding hydrogens is 222 g/mol. The molecule has 0 spiro atoms. The van der Waals surface area contributed by atoms with E-state index in [1.165, 1.54) is 0 Å². The van der Waals surface area contributed by atoms with Gasteiger partial charge in [0.1, 0.15) is 5.82 Å². The van der Waals surface area contributed by atoms with Crippen molar-refractivity contribution in [2.45, 2.75) is 19.5 Å². The number of nitrogens with zero attached hydrogens (tertiary/aromatic N) is 1. The van der Waals surface area contributed by atoms with Crippen molar-refractivity contribution in [1.82, 2.24) is 15.3 Å². The minimum atomic E-state index is 0.207. The van der Waals surface area contributed by atoms with E-state index in [-0.39, 0.29) is 6.04 Å². The Morgan fingerprint density at radius 1 is 1.44 bits per heavy atom. The lowest BCUT2D eigenvalue weighted by atomic mass is 10.1. The number of aromatic amines is 1. The highest BCUT2D eigenvalue weighted by molar-refractivity contribution is 6.31. The average molecular weight is 236 g/mol. The predicted octanol–water partition coefficient (Wildman–Crippen LogP) is 2.91. The van der Waals surface area contributed by atoms with Crippen molar-refractivity contribution in [3.05, 3.63) is 53.1 Å². The second-order valence-corrected chi connectivity index (χ2v) is 4.07. The largest absolute Gasteiger partial charge is 0.348 e. The van der Waals surface area contributed by atoms with Gasteiger partial charge < -0.3 is 10.3 Å². The first-order valence-electron chi connectivity index (χ1n) is 5.23. The number of imidazole rings is 1. The van der Waals surface area contributed by atoms with E-state index < -0.39 is 0 Å². The summed E-state index contributed by atoms with van der Waals surface area (Å²) in [6, 6.07) is 8.07. The molecule has 84 valence electrons. The smallest absolute Gasteiger partial charge is 0.120 e. The van der Waals surface area contributed by atoms with Gasteiger partial charge in [0.05, 0.1) is 6.54 Å². The van der Waals surface area contributed by atoms with Gasteiger partial charge in [-0.1, -0.05) is 29.8 Å². The quantitative estimate of drug-likeness (QED) is 0.856. The van der Waals surface area contributed by atoms with Crippen molar-refractivity contribution in [1.29, 1.82) is 0 Å². The molecule has 0 fully saturated rings. The molecular formula is C12H14ClN3. The SMILES string of the molecule is C[C@H](NCc1ncc[nH]1)c1ccccc1Cl. The lowest BCUT2D eigenvalue weighted by molar-refractivity contribution is 0.562. The number of hydrogen-bond donors (Lipinski definition) is 2. The van der Waals surface area contributed by atoms with Crippen LogP contribution in [0.25, 0.3) is 0 Å². The van der Waals surface area contributed by atoms with Crippen LogP contribution in [0.15, 0.2) is 36.7 Å². The third kappa shape index (κ3) is 2.62. The highest BCUT2D eigenvalue weighted by Gasteiger charge is 2.08. The van der Waals surface area contributed by atoms with Crippen LogP contribution in [0.5, 0.6) is 0 Å². The van der Waals surface area contributed by atoms with E-state index in [0.717, 1.165) is 16.4 Å². The van der Waals surface area contributed by atoms with Crippen molar-refractivity contribution >= 4 is 11.6 Å². The van der Waals surface area contributed by atoms with Crippen LogP contribution < -0.4 is 5.32 Å². The molecule has 1 atom stereocenters. The summed E-state index contributed by atoms with van der Waals surface area (Å²) in [6.45, 7) is 2.80.